The van der Waals surface area contributed by atoms with Gasteiger partial charge in [0.2, 0.25) is 5.75 Å². The first-order valence-electron chi connectivity index (χ1n) is 11.9. The molecule has 1 aliphatic heterocycles. The summed E-state index contributed by atoms with van der Waals surface area (Å²) < 4.78 is 86.7. The Labute approximate surface area is 215 Å². The van der Waals surface area contributed by atoms with Gasteiger partial charge in [0.1, 0.15) is 5.54 Å². The number of esters is 1. The molecule has 1 saturated carbocycles. The average molecular weight is 543 g/mol. The molecule has 4 rings (SSSR count). The molecule has 0 atom stereocenters. The Morgan fingerprint density at radius 1 is 1.11 bits per heavy atom. The fraction of sp³-hybridized carbons (Fsp3) is 0.462. The number of hydrogen-bond acceptors (Lipinski definition) is 6. The van der Waals surface area contributed by atoms with E-state index in [2.05, 4.69) is 14.8 Å². The molecule has 12 heteroatoms. The minimum atomic E-state index is -4.43. The number of rotatable bonds is 7. The van der Waals surface area contributed by atoms with Gasteiger partial charge in [0, 0.05) is 12.0 Å². The van der Waals surface area contributed by atoms with Crippen LogP contribution in [0.3, 0.4) is 0 Å². The summed E-state index contributed by atoms with van der Waals surface area (Å²) in [7, 11) is 1.06. The minimum absolute atomic E-state index is 0.0564. The molecule has 2 aliphatic rings. The van der Waals surface area contributed by atoms with Gasteiger partial charge in [-0.1, -0.05) is 29.8 Å². The number of fused-ring (bicyclic) bond motifs is 1. The van der Waals surface area contributed by atoms with Crippen LogP contribution in [-0.4, -0.2) is 43.6 Å². The smallest absolute Gasteiger partial charge is 0.489 e. The summed E-state index contributed by atoms with van der Waals surface area (Å²) in [4.78, 5) is 25.7. The summed E-state index contributed by atoms with van der Waals surface area (Å²) in [5.74, 6) is -4.45. The van der Waals surface area contributed by atoms with Crippen LogP contribution in [0.1, 0.15) is 47.2 Å². The predicted octanol–water partition coefficient (Wildman–Crippen LogP) is 5.33. The highest BCUT2D eigenvalue weighted by molar-refractivity contribution is 5.99. The highest BCUT2D eigenvalue weighted by Gasteiger charge is 2.51. The molecule has 1 heterocycles. The summed E-state index contributed by atoms with van der Waals surface area (Å²) in [5, 5.41) is 2.48. The SMILES string of the molecule is COC(=O)[C@]1(NC(=O)c2cc(OCCc3cccc(C)c3)c3c(c2)OC(F)(F)O3)CC[C@@H](C(F)(F)F)CC1. The number of carbonyl (C=O) groups is 2. The molecule has 206 valence electrons. The molecule has 0 bridgehead atoms. The number of benzene rings is 2. The molecule has 1 amide bonds. The van der Waals surface area contributed by atoms with E-state index in [1.807, 2.05) is 31.2 Å². The fourth-order valence-electron chi connectivity index (χ4n) is 4.71. The van der Waals surface area contributed by atoms with E-state index in [4.69, 9.17) is 9.47 Å². The zero-order valence-electron chi connectivity index (χ0n) is 20.6. The normalized spacial score (nSPS) is 22.0. The average Bonchev–Trinajstić information content (AvgIpc) is 3.17. The van der Waals surface area contributed by atoms with Crippen LogP contribution in [0.5, 0.6) is 17.2 Å². The standard InChI is InChI=1S/C26H26F5NO6/c1-15-4-3-5-16(12-15)8-11-36-19-13-17(14-20-21(19)38-26(30,31)37-20)22(33)32-24(23(34)35-2)9-6-18(7-10-24)25(27,28)29/h3-5,12-14,18H,6-11H2,1-2H3,(H,32,33)/t18-,24+. The largest absolute Gasteiger partial charge is 0.586 e. The first kappa shape index (κ1) is 27.5. The van der Waals surface area contributed by atoms with Crippen molar-refractivity contribution in [3.8, 4) is 17.2 Å². The van der Waals surface area contributed by atoms with Gasteiger partial charge in [-0.15, -0.1) is 8.78 Å². The number of aryl methyl sites for hydroxylation is 1. The topological polar surface area (TPSA) is 83.1 Å². The van der Waals surface area contributed by atoms with Gasteiger partial charge >= 0.3 is 18.4 Å². The molecule has 0 unspecified atom stereocenters. The van der Waals surface area contributed by atoms with Crippen molar-refractivity contribution in [1.82, 2.24) is 5.32 Å². The molecule has 2 aromatic rings. The molecular formula is C26H26F5NO6. The van der Waals surface area contributed by atoms with Gasteiger partial charge in [0.15, 0.2) is 11.5 Å². The monoisotopic (exact) mass is 543 g/mol. The first-order chi connectivity index (χ1) is 17.8. The third-order valence-electron chi connectivity index (χ3n) is 6.69. The van der Waals surface area contributed by atoms with Gasteiger partial charge in [-0.3, -0.25) is 4.79 Å². The lowest BCUT2D eigenvalue weighted by Crippen LogP contribution is -2.57. The fourth-order valence-corrected chi connectivity index (χ4v) is 4.71. The Morgan fingerprint density at radius 2 is 1.82 bits per heavy atom. The number of nitrogens with one attached hydrogen (secondary N) is 1. The van der Waals surface area contributed by atoms with Gasteiger partial charge < -0.3 is 24.3 Å². The van der Waals surface area contributed by atoms with Crippen molar-refractivity contribution in [2.75, 3.05) is 13.7 Å². The van der Waals surface area contributed by atoms with E-state index in [1.165, 1.54) is 0 Å². The van der Waals surface area contributed by atoms with Crippen LogP contribution in [-0.2, 0) is 16.0 Å². The van der Waals surface area contributed by atoms with E-state index in [1.54, 1.807) is 0 Å². The number of amides is 1. The first-order valence-corrected chi connectivity index (χ1v) is 11.9. The van der Waals surface area contributed by atoms with Crippen molar-refractivity contribution >= 4 is 11.9 Å². The summed E-state index contributed by atoms with van der Waals surface area (Å²) in [6.45, 7) is 1.98. The van der Waals surface area contributed by atoms with Gasteiger partial charge in [-0.2, -0.15) is 13.2 Å². The minimum Gasteiger partial charge on any atom is -0.489 e. The molecule has 38 heavy (non-hydrogen) atoms. The van der Waals surface area contributed by atoms with E-state index in [0.29, 0.717) is 6.42 Å². The van der Waals surface area contributed by atoms with Crippen LogP contribution in [0.2, 0.25) is 0 Å². The molecule has 0 radical (unpaired) electrons. The van der Waals surface area contributed by atoms with Crippen LogP contribution >= 0.6 is 0 Å². The quantitative estimate of drug-likeness (QED) is 0.376. The lowest BCUT2D eigenvalue weighted by atomic mass is 9.76. The Morgan fingerprint density at radius 3 is 2.45 bits per heavy atom. The number of carbonyl (C=O) groups excluding carboxylic acids is 2. The van der Waals surface area contributed by atoms with Gasteiger partial charge in [0.05, 0.1) is 19.6 Å². The number of alkyl halides is 5. The third kappa shape index (κ3) is 5.94. The Hall–Kier alpha value is -3.57. The Balaban J connectivity index is 1.55. The summed E-state index contributed by atoms with van der Waals surface area (Å²) >= 11 is 0. The van der Waals surface area contributed by atoms with Crippen molar-refractivity contribution in [3.05, 3.63) is 53.1 Å². The lowest BCUT2D eigenvalue weighted by molar-refractivity contribution is -0.287. The molecule has 2 aromatic carbocycles. The highest BCUT2D eigenvalue weighted by Crippen LogP contribution is 2.48. The summed E-state index contributed by atoms with van der Waals surface area (Å²) in [5.41, 5.74) is 0.0478. The van der Waals surface area contributed by atoms with E-state index < -0.39 is 47.3 Å². The molecule has 1 fully saturated rings. The second kappa shape index (κ2) is 10.3. The van der Waals surface area contributed by atoms with Crippen LogP contribution in [0.4, 0.5) is 22.0 Å². The molecule has 1 aliphatic carbocycles. The Bertz CT molecular complexity index is 1210. The van der Waals surface area contributed by atoms with Gasteiger partial charge in [0.25, 0.3) is 5.91 Å². The van der Waals surface area contributed by atoms with Crippen LogP contribution in [0.25, 0.3) is 0 Å². The zero-order chi connectivity index (χ0) is 27.7. The second-order valence-corrected chi connectivity index (χ2v) is 9.40. The van der Waals surface area contributed by atoms with Crippen LogP contribution < -0.4 is 19.5 Å². The van der Waals surface area contributed by atoms with Crippen molar-refractivity contribution in [2.45, 2.75) is 57.0 Å². The van der Waals surface area contributed by atoms with E-state index in [0.717, 1.165) is 30.4 Å². The van der Waals surface area contributed by atoms with E-state index in [9.17, 15) is 31.5 Å². The second-order valence-electron chi connectivity index (χ2n) is 9.40. The van der Waals surface area contributed by atoms with E-state index >= 15 is 0 Å². The third-order valence-corrected chi connectivity index (χ3v) is 6.69. The molecule has 7 nitrogen and oxygen atoms in total. The molecule has 0 aromatic heterocycles. The zero-order valence-corrected chi connectivity index (χ0v) is 20.6. The van der Waals surface area contributed by atoms with E-state index in [-0.39, 0.29) is 43.6 Å². The van der Waals surface area contributed by atoms with Crippen LogP contribution in [0.15, 0.2) is 36.4 Å². The van der Waals surface area contributed by atoms with Gasteiger partial charge in [-0.05, 0) is 50.3 Å². The molecule has 1 N–H and O–H groups in total. The van der Waals surface area contributed by atoms with Crippen molar-refractivity contribution in [2.24, 2.45) is 5.92 Å². The molecule has 0 saturated heterocycles. The maximum atomic E-state index is 13.8. The number of halogens is 5. The summed E-state index contributed by atoms with van der Waals surface area (Å²) in [6.07, 6.45) is -9.39. The number of methoxy groups -OCH3 is 1. The Kier molecular flexibility index (Phi) is 7.44. The van der Waals surface area contributed by atoms with Crippen molar-refractivity contribution in [3.63, 3.8) is 0 Å². The lowest BCUT2D eigenvalue weighted by Gasteiger charge is -2.38. The predicted molar refractivity (Wildman–Crippen MR) is 123 cm³/mol. The number of ether oxygens (including phenoxy) is 4. The van der Waals surface area contributed by atoms with Crippen molar-refractivity contribution < 1.29 is 50.5 Å². The summed E-state index contributed by atoms with van der Waals surface area (Å²) in [6, 6.07) is 9.74. The highest BCUT2D eigenvalue weighted by atomic mass is 19.4. The molecule has 0 spiro atoms. The number of hydrogen-bond donors (Lipinski definition) is 1. The maximum Gasteiger partial charge on any atom is 0.586 e. The van der Waals surface area contributed by atoms with Crippen LogP contribution in [0, 0.1) is 12.8 Å². The maximum absolute atomic E-state index is 13.8. The van der Waals surface area contributed by atoms with Crippen molar-refractivity contribution in [1.29, 1.82) is 0 Å². The molecular weight excluding hydrogens is 517 g/mol. The van der Waals surface area contributed by atoms with Gasteiger partial charge in [-0.25, -0.2) is 4.79 Å².